The summed E-state index contributed by atoms with van der Waals surface area (Å²) in [4.78, 5) is 17.1. The lowest BCUT2D eigenvalue weighted by Crippen LogP contribution is -2.14. The number of benzene rings is 1. The number of nitrogens with zero attached hydrogens (tertiary/aromatic N) is 1. The first-order chi connectivity index (χ1) is 14.1. The van der Waals surface area contributed by atoms with Gasteiger partial charge in [0.15, 0.2) is 5.43 Å². The summed E-state index contributed by atoms with van der Waals surface area (Å²) in [6.07, 6.45) is 4.60. The SMILES string of the molecule is C#CC.Cc1cc(C(C)Nc2ccc(Cl)nc2Br)c2oc(C(C)C)c(C)c(=O)c2c1. The van der Waals surface area contributed by atoms with E-state index in [2.05, 4.69) is 44.6 Å². The summed E-state index contributed by atoms with van der Waals surface area (Å²) >= 11 is 9.36. The topological polar surface area (TPSA) is 55.1 Å². The maximum Gasteiger partial charge on any atom is 0.195 e. The summed E-state index contributed by atoms with van der Waals surface area (Å²) < 4.78 is 6.88. The highest BCUT2D eigenvalue weighted by Crippen LogP contribution is 2.32. The molecule has 1 N–H and O–H groups in total. The fourth-order valence-corrected chi connectivity index (χ4v) is 3.97. The predicted molar refractivity (Wildman–Crippen MR) is 130 cm³/mol. The largest absolute Gasteiger partial charge is 0.460 e. The van der Waals surface area contributed by atoms with Gasteiger partial charge in [-0.3, -0.25) is 4.79 Å². The van der Waals surface area contributed by atoms with Gasteiger partial charge < -0.3 is 9.73 Å². The highest BCUT2D eigenvalue weighted by Gasteiger charge is 2.19. The highest BCUT2D eigenvalue weighted by molar-refractivity contribution is 9.10. The molecule has 0 aliphatic carbocycles. The minimum Gasteiger partial charge on any atom is -0.460 e. The van der Waals surface area contributed by atoms with E-state index in [0.29, 0.717) is 26.3 Å². The van der Waals surface area contributed by atoms with Crippen LogP contribution in [0.2, 0.25) is 5.15 Å². The molecule has 158 valence electrons. The lowest BCUT2D eigenvalue weighted by atomic mass is 9.98. The average molecular weight is 490 g/mol. The Kier molecular flexibility index (Phi) is 8.11. The first-order valence-electron chi connectivity index (χ1n) is 9.64. The second-order valence-electron chi connectivity index (χ2n) is 7.43. The third kappa shape index (κ3) is 5.24. The Hall–Kier alpha value is -2.29. The quantitative estimate of drug-likeness (QED) is 0.312. The molecule has 0 amide bonds. The number of rotatable bonds is 4. The Labute approximate surface area is 191 Å². The van der Waals surface area contributed by atoms with Crippen molar-refractivity contribution in [2.24, 2.45) is 0 Å². The Morgan fingerprint density at radius 2 is 1.87 bits per heavy atom. The van der Waals surface area contributed by atoms with E-state index in [4.69, 9.17) is 16.0 Å². The second kappa shape index (κ2) is 10.1. The van der Waals surface area contributed by atoms with Crippen LogP contribution in [0.1, 0.15) is 62.1 Å². The molecule has 4 nitrogen and oxygen atoms in total. The van der Waals surface area contributed by atoms with E-state index in [9.17, 15) is 4.79 Å². The van der Waals surface area contributed by atoms with Crippen molar-refractivity contribution in [1.29, 1.82) is 0 Å². The smallest absolute Gasteiger partial charge is 0.195 e. The van der Waals surface area contributed by atoms with Crippen molar-refractivity contribution in [3.63, 3.8) is 0 Å². The number of anilines is 1. The summed E-state index contributed by atoms with van der Waals surface area (Å²) in [7, 11) is 0. The van der Waals surface area contributed by atoms with Gasteiger partial charge in [0, 0.05) is 17.0 Å². The number of aromatic nitrogens is 1. The number of aryl methyl sites for hydroxylation is 1. The molecule has 3 rings (SSSR count). The summed E-state index contributed by atoms with van der Waals surface area (Å²) in [6.45, 7) is 11.6. The van der Waals surface area contributed by atoms with Crippen LogP contribution in [0.5, 0.6) is 0 Å². The molecule has 0 radical (unpaired) electrons. The monoisotopic (exact) mass is 488 g/mol. The lowest BCUT2D eigenvalue weighted by Gasteiger charge is -2.20. The van der Waals surface area contributed by atoms with Crippen LogP contribution in [0.25, 0.3) is 11.0 Å². The summed E-state index contributed by atoms with van der Waals surface area (Å²) in [6, 6.07) is 7.45. The van der Waals surface area contributed by atoms with E-state index in [1.807, 2.05) is 46.8 Å². The summed E-state index contributed by atoms with van der Waals surface area (Å²) in [5, 5.41) is 4.47. The van der Waals surface area contributed by atoms with Gasteiger partial charge >= 0.3 is 0 Å². The van der Waals surface area contributed by atoms with Gasteiger partial charge in [0.2, 0.25) is 0 Å². The van der Waals surface area contributed by atoms with Crippen molar-refractivity contribution in [2.75, 3.05) is 5.32 Å². The van der Waals surface area contributed by atoms with Gasteiger partial charge in [0.25, 0.3) is 0 Å². The zero-order chi connectivity index (χ0) is 22.6. The number of hydrogen-bond donors (Lipinski definition) is 1. The Morgan fingerprint density at radius 3 is 2.43 bits per heavy atom. The molecule has 0 saturated carbocycles. The lowest BCUT2D eigenvalue weighted by molar-refractivity contribution is 0.499. The number of nitrogens with one attached hydrogen (secondary N) is 1. The standard InChI is InChI=1S/C21H22BrClN2O2.C3H4/c1-10(2)19-12(4)18(26)15-9-11(3)8-14(20(15)27-19)13(5)24-16-6-7-17(23)25-21(16)22;1-3-2/h6-10,13,24H,1-5H3;1H,2H3. The molecule has 0 spiro atoms. The first kappa shape index (κ1) is 24.0. The van der Waals surface area contributed by atoms with Gasteiger partial charge in [0.05, 0.1) is 17.1 Å². The Balaban J connectivity index is 0.00000101. The molecular formula is C24H26BrClN2O2. The zero-order valence-electron chi connectivity index (χ0n) is 18.1. The summed E-state index contributed by atoms with van der Waals surface area (Å²) in [5.74, 6) is 3.12. The van der Waals surface area contributed by atoms with Crippen molar-refractivity contribution >= 4 is 44.2 Å². The normalized spacial score (nSPS) is 11.6. The molecule has 0 bridgehead atoms. The number of pyridine rings is 1. The van der Waals surface area contributed by atoms with Crippen LogP contribution >= 0.6 is 27.5 Å². The zero-order valence-corrected chi connectivity index (χ0v) is 20.4. The van der Waals surface area contributed by atoms with Crippen LogP contribution in [-0.4, -0.2) is 4.98 Å². The van der Waals surface area contributed by atoms with Gasteiger partial charge in [-0.05, 0) is 67.4 Å². The molecule has 0 aliphatic rings. The van der Waals surface area contributed by atoms with E-state index in [1.54, 1.807) is 13.0 Å². The molecular weight excluding hydrogens is 464 g/mol. The van der Waals surface area contributed by atoms with Crippen LogP contribution in [0.4, 0.5) is 5.69 Å². The molecule has 1 unspecified atom stereocenters. The number of fused-ring (bicyclic) bond motifs is 1. The van der Waals surface area contributed by atoms with Crippen molar-refractivity contribution in [2.45, 2.75) is 53.5 Å². The van der Waals surface area contributed by atoms with Crippen molar-refractivity contribution in [3.05, 3.63) is 66.7 Å². The molecule has 0 saturated heterocycles. The highest BCUT2D eigenvalue weighted by atomic mass is 79.9. The van der Waals surface area contributed by atoms with E-state index in [-0.39, 0.29) is 17.4 Å². The van der Waals surface area contributed by atoms with Gasteiger partial charge in [-0.2, -0.15) is 0 Å². The van der Waals surface area contributed by atoms with Crippen molar-refractivity contribution in [3.8, 4) is 12.3 Å². The number of terminal acetylenes is 1. The number of halogens is 2. The van der Waals surface area contributed by atoms with Crippen LogP contribution in [0, 0.1) is 26.2 Å². The van der Waals surface area contributed by atoms with Gasteiger partial charge in [-0.25, -0.2) is 4.98 Å². The van der Waals surface area contributed by atoms with Crippen LogP contribution in [0.15, 0.2) is 38.1 Å². The third-order valence-corrected chi connectivity index (χ3v) is 5.42. The van der Waals surface area contributed by atoms with Crippen molar-refractivity contribution < 1.29 is 4.42 Å². The average Bonchev–Trinajstić information content (AvgIpc) is 2.67. The van der Waals surface area contributed by atoms with Gasteiger partial charge in [0.1, 0.15) is 21.1 Å². The molecule has 6 heteroatoms. The molecule has 30 heavy (non-hydrogen) atoms. The summed E-state index contributed by atoms with van der Waals surface area (Å²) in [5.41, 5.74) is 4.12. The van der Waals surface area contributed by atoms with Crippen LogP contribution in [0.3, 0.4) is 0 Å². The van der Waals surface area contributed by atoms with Crippen molar-refractivity contribution in [1.82, 2.24) is 4.98 Å². The minimum absolute atomic E-state index is 0.0337. The minimum atomic E-state index is -0.0995. The molecule has 1 aromatic carbocycles. The molecule has 2 heterocycles. The fourth-order valence-electron chi connectivity index (χ4n) is 3.29. The van der Waals surface area contributed by atoms with Crippen LogP contribution < -0.4 is 10.7 Å². The van der Waals surface area contributed by atoms with E-state index in [1.165, 1.54) is 0 Å². The van der Waals surface area contributed by atoms with E-state index in [0.717, 1.165) is 22.6 Å². The van der Waals surface area contributed by atoms with Crippen LogP contribution in [-0.2, 0) is 0 Å². The molecule has 2 aromatic heterocycles. The molecule has 0 fully saturated rings. The maximum atomic E-state index is 12.9. The van der Waals surface area contributed by atoms with E-state index >= 15 is 0 Å². The van der Waals surface area contributed by atoms with Gasteiger partial charge in [-0.1, -0.05) is 31.5 Å². The maximum absolute atomic E-state index is 12.9. The molecule has 3 aromatic rings. The molecule has 0 aliphatic heterocycles. The number of hydrogen-bond acceptors (Lipinski definition) is 4. The van der Waals surface area contributed by atoms with Gasteiger partial charge in [-0.15, -0.1) is 12.3 Å². The van der Waals surface area contributed by atoms with E-state index < -0.39 is 0 Å². The Morgan fingerprint density at radius 1 is 1.23 bits per heavy atom. The fraction of sp³-hybridized carbons (Fsp3) is 0.333. The first-order valence-corrected chi connectivity index (χ1v) is 10.8. The predicted octanol–water partition coefficient (Wildman–Crippen LogP) is 7.16. The Bertz CT molecular complexity index is 1160. The second-order valence-corrected chi connectivity index (χ2v) is 8.57. The third-order valence-electron chi connectivity index (χ3n) is 4.61. The molecule has 1 atom stereocenters.